The molecule has 3 fully saturated rings. The summed E-state index contributed by atoms with van der Waals surface area (Å²) in [5, 5.41) is 13.0. The molecule has 1 heterocycles. The van der Waals surface area contributed by atoms with E-state index in [-0.39, 0.29) is 5.92 Å². The quantitative estimate of drug-likeness (QED) is 0.806. The predicted molar refractivity (Wildman–Crippen MR) is 96.1 cm³/mol. The van der Waals surface area contributed by atoms with Crippen molar-refractivity contribution in [1.82, 2.24) is 10.2 Å². The van der Waals surface area contributed by atoms with Gasteiger partial charge in [0.25, 0.3) is 0 Å². The van der Waals surface area contributed by atoms with Crippen LogP contribution in [-0.2, 0) is 4.79 Å². The highest BCUT2D eigenvalue weighted by atomic mass is 32.2. The van der Waals surface area contributed by atoms with E-state index in [0.717, 1.165) is 32.2 Å². The van der Waals surface area contributed by atoms with Crippen molar-refractivity contribution in [2.75, 3.05) is 31.1 Å². The fourth-order valence-electron chi connectivity index (χ4n) is 4.73. The van der Waals surface area contributed by atoms with Crippen LogP contribution in [0, 0.1) is 5.92 Å². The van der Waals surface area contributed by atoms with E-state index in [4.69, 9.17) is 5.11 Å². The number of hydrogen-bond donors (Lipinski definition) is 2. The molecule has 0 radical (unpaired) electrons. The molecule has 0 aromatic carbocycles. The Kier molecular flexibility index (Phi) is 6.27. The zero-order valence-electron chi connectivity index (χ0n) is 14.3. The Morgan fingerprint density at radius 1 is 1.09 bits per heavy atom. The van der Waals surface area contributed by atoms with Crippen LogP contribution in [-0.4, -0.2) is 58.7 Å². The molecular weight excluding hydrogens is 308 g/mol. The lowest BCUT2D eigenvalue weighted by atomic mass is 9.79. The van der Waals surface area contributed by atoms with E-state index in [1.807, 2.05) is 0 Å². The lowest BCUT2D eigenvalue weighted by Gasteiger charge is -2.49. The van der Waals surface area contributed by atoms with Crippen molar-refractivity contribution >= 4 is 17.7 Å². The minimum atomic E-state index is -0.599. The van der Waals surface area contributed by atoms with Crippen molar-refractivity contribution in [3.05, 3.63) is 0 Å². The highest BCUT2D eigenvalue weighted by molar-refractivity contribution is 7.99. The number of carboxylic acids is 1. The van der Waals surface area contributed by atoms with E-state index in [2.05, 4.69) is 22.0 Å². The Hall–Kier alpha value is -0.260. The average Bonchev–Trinajstić information content (AvgIpc) is 2.62. The molecule has 23 heavy (non-hydrogen) atoms. The maximum atomic E-state index is 11.1. The minimum Gasteiger partial charge on any atom is -0.481 e. The first-order chi connectivity index (χ1) is 11.2. The Morgan fingerprint density at radius 2 is 1.74 bits per heavy atom. The van der Waals surface area contributed by atoms with E-state index >= 15 is 0 Å². The van der Waals surface area contributed by atoms with Crippen LogP contribution in [0.1, 0.15) is 57.8 Å². The average molecular weight is 341 g/mol. The zero-order chi connectivity index (χ0) is 16.1. The summed E-state index contributed by atoms with van der Waals surface area (Å²) < 4.78 is 0. The van der Waals surface area contributed by atoms with Crippen LogP contribution in [0.2, 0.25) is 0 Å². The van der Waals surface area contributed by atoms with Crippen molar-refractivity contribution in [3.8, 4) is 0 Å². The number of thioether (sulfide) groups is 1. The Morgan fingerprint density at radius 3 is 2.35 bits per heavy atom. The van der Waals surface area contributed by atoms with Gasteiger partial charge in [-0.3, -0.25) is 9.69 Å². The van der Waals surface area contributed by atoms with Crippen LogP contribution in [0.25, 0.3) is 0 Å². The summed E-state index contributed by atoms with van der Waals surface area (Å²) in [6.07, 6.45) is 10.6. The Labute approximate surface area is 144 Å². The third-order valence-electron chi connectivity index (χ3n) is 6.26. The van der Waals surface area contributed by atoms with E-state index in [1.165, 1.54) is 56.7 Å². The molecule has 4 nitrogen and oxygen atoms in total. The van der Waals surface area contributed by atoms with Crippen LogP contribution in [0.5, 0.6) is 0 Å². The summed E-state index contributed by atoms with van der Waals surface area (Å²) in [6, 6.07) is 0.531. The fraction of sp³-hybridized carbons (Fsp3) is 0.944. The molecule has 132 valence electrons. The first-order valence-electron chi connectivity index (χ1n) is 9.49. The lowest BCUT2D eigenvalue weighted by molar-refractivity contribution is -0.142. The van der Waals surface area contributed by atoms with Gasteiger partial charge in [0.05, 0.1) is 5.92 Å². The number of nitrogens with zero attached hydrogens (tertiary/aromatic N) is 1. The smallest absolute Gasteiger partial charge is 0.306 e. The van der Waals surface area contributed by atoms with E-state index in [1.54, 1.807) is 0 Å². The van der Waals surface area contributed by atoms with Crippen molar-refractivity contribution in [2.24, 2.45) is 5.92 Å². The second-order valence-electron chi connectivity index (χ2n) is 7.65. The van der Waals surface area contributed by atoms with Gasteiger partial charge in [0.1, 0.15) is 0 Å². The number of aliphatic carboxylic acids is 1. The molecule has 0 aromatic heterocycles. The molecule has 3 rings (SSSR count). The van der Waals surface area contributed by atoms with Gasteiger partial charge >= 0.3 is 5.97 Å². The molecule has 2 saturated carbocycles. The molecule has 1 saturated heterocycles. The van der Waals surface area contributed by atoms with Gasteiger partial charge < -0.3 is 10.4 Å². The van der Waals surface area contributed by atoms with Crippen molar-refractivity contribution in [1.29, 1.82) is 0 Å². The van der Waals surface area contributed by atoms with Gasteiger partial charge in [-0.05, 0) is 38.5 Å². The van der Waals surface area contributed by atoms with Crippen molar-refractivity contribution < 1.29 is 9.90 Å². The zero-order valence-corrected chi connectivity index (χ0v) is 15.1. The van der Waals surface area contributed by atoms with Gasteiger partial charge in [0.15, 0.2) is 0 Å². The van der Waals surface area contributed by atoms with E-state index in [9.17, 15) is 4.79 Å². The maximum Gasteiger partial charge on any atom is 0.306 e. The topological polar surface area (TPSA) is 52.6 Å². The molecule has 2 N–H and O–H groups in total. The molecule has 0 spiro atoms. The second-order valence-corrected chi connectivity index (χ2v) is 8.88. The molecule has 2 aliphatic carbocycles. The van der Waals surface area contributed by atoms with Crippen LogP contribution in [0.4, 0.5) is 0 Å². The van der Waals surface area contributed by atoms with E-state index < -0.39 is 5.97 Å². The van der Waals surface area contributed by atoms with Gasteiger partial charge in [0.2, 0.25) is 0 Å². The molecule has 3 aliphatic rings. The third-order valence-corrected chi connectivity index (χ3v) is 7.20. The molecule has 0 amide bonds. The van der Waals surface area contributed by atoms with Crippen LogP contribution in [0.3, 0.4) is 0 Å². The number of carbonyl (C=O) groups is 1. The number of carboxylic acid groups (broad SMARTS) is 1. The second kappa shape index (κ2) is 8.21. The summed E-state index contributed by atoms with van der Waals surface area (Å²) in [6.45, 7) is 3.61. The summed E-state index contributed by atoms with van der Waals surface area (Å²) in [5.74, 6) is 1.87. The molecule has 5 heteroatoms. The van der Waals surface area contributed by atoms with E-state index in [0.29, 0.717) is 11.6 Å². The van der Waals surface area contributed by atoms with Gasteiger partial charge in [-0.1, -0.05) is 19.3 Å². The van der Waals surface area contributed by atoms with Crippen LogP contribution < -0.4 is 5.32 Å². The standard InChI is InChI=1S/C18H32N2O2S/c21-17(22)15-4-6-16(7-5-15)19-14-18(8-2-1-3-9-18)20-10-12-23-13-11-20/h15-16,19H,1-14H2,(H,21,22). The molecular formula is C18H32N2O2S. The summed E-state index contributed by atoms with van der Waals surface area (Å²) in [5.41, 5.74) is 0.378. The summed E-state index contributed by atoms with van der Waals surface area (Å²) in [7, 11) is 0. The molecule has 0 atom stereocenters. The van der Waals surface area contributed by atoms with Crippen molar-refractivity contribution in [3.63, 3.8) is 0 Å². The number of hydrogen-bond acceptors (Lipinski definition) is 4. The molecule has 1 aliphatic heterocycles. The van der Waals surface area contributed by atoms with Gasteiger partial charge in [-0.2, -0.15) is 11.8 Å². The monoisotopic (exact) mass is 340 g/mol. The molecule has 0 unspecified atom stereocenters. The Balaban J connectivity index is 1.53. The normalized spacial score (nSPS) is 32.5. The third kappa shape index (κ3) is 4.43. The first-order valence-corrected chi connectivity index (χ1v) is 10.6. The van der Waals surface area contributed by atoms with Crippen LogP contribution >= 0.6 is 11.8 Å². The minimum absolute atomic E-state index is 0.101. The summed E-state index contributed by atoms with van der Waals surface area (Å²) in [4.78, 5) is 13.9. The highest BCUT2D eigenvalue weighted by Gasteiger charge is 2.39. The van der Waals surface area contributed by atoms with Crippen LogP contribution in [0.15, 0.2) is 0 Å². The van der Waals surface area contributed by atoms with Gasteiger partial charge in [-0.15, -0.1) is 0 Å². The lowest BCUT2D eigenvalue weighted by Crippen LogP contribution is -2.59. The number of nitrogens with one attached hydrogen (secondary N) is 1. The summed E-state index contributed by atoms with van der Waals surface area (Å²) >= 11 is 2.09. The molecule has 0 aromatic rings. The maximum absolute atomic E-state index is 11.1. The SMILES string of the molecule is O=C(O)C1CCC(NCC2(N3CCSCC3)CCCCC2)CC1. The van der Waals surface area contributed by atoms with Gasteiger partial charge in [-0.25, -0.2) is 0 Å². The van der Waals surface area contributed by atoms with Gasteiger partial charge in [0, 0.05) is 42.7 Å². The fourth-order valence-corrected chi connectivity index (χ4v) is 5.63. The largest absolute Gasteiger partial charge is 0.481 e. The van der Waals surface area contributed by atoms with Crippen molar-refractivity contribution in [2.45, 2.75) is 69.4 Å². The first kappa shape index (κ1) is 17.6. The molecule has 0 bridgehead atoms. The highest BCUT2D eigenvalue weighted by Crippen LogP contribution is 2.35. The number of rotatable bonds is 5. The predicted octanol–water partition coefficient (Wildman–Crippen LogP) is 2.97. The Bertz CT molecular complexity index is 384.